The Hall–Kier alpha value is -2.54. The van der Waals surface area contributed by atoms with Gasteiger partial charge in [0.1, 0.15) is 22.8 Å². The fraction of sp³-hybridized carbons (Fsp3) is 0.379. The number of nitrogens with one attached hydrogen (secondary N) is 1. The molecule has 1 aromatic heterocycles. The first kappa shape index (κ1) is 30.9. The molecular formula is C29H29Cl2FN2O6S2. The maximum Gasteiger partial charge on any atom is 0.306 e. The molecule has 3 aromatic rings. The Morgan fingerprint density at radius 1 is 1.19 bits per heavy atom. The summed E-state index contributed by atoms with van der Waals surface area (Å²) in [6.45, 7) is 1.64. The van der Waals surface area contributed by atoms with E-state index in [0.29, 0.717) is 26.2 Å². The zero-order valence-corrected chi connectivity index (χ0v) is 25.6. The zero-order chi connectivity index (χ0) is 30.2. The molecular weight excluding hydrogens is 626 g/mol. The van der Waals surface area contributed by atoms with Crippen molar-refractivity contribution in [2.24, 2.45) is 0 Å². The first-order valence-electron chi connectivity index (χ1n) is 13.4. The number of hydrogen-bond donors (Lipinski definition) is 2. The van der Waals surface area contributed by atoms with E-state index in [0.717, 1.165) is 0 Å². The molecule has 4 atom stereocenters. The van der Waals surface area contributed by atoms with E-state index in [4.69, 9.17) is 27.9 Å². The number of carbonyl (C=O) groups excluding carboxylic acids is 1. The van der Waals surface area contributed by atoms with Crippen molar-refractivity contribution in [1.29, 1.82) is 0 Å². The molecule has 2 fully saturated rings. The summed E-state index contributed by atoms with van der Waals surface area (Å²) in [5.41, 5.74) is 0.735. The number of morpholine rings is 1. The normalized spacial score (nSPS) is 22.6. The number of sulfonamides is 1. The van der Waals surface area contributed by atoms with Gasteiger partial charge in [-0.05, 0) is 55.2 Å². The van der Waals surface area contributed by atoms with Gasteiger partial charge in [-0.2, -0.15) is 0 Å². The van der Waals surface area contributed by atoms with Crippen LogP contribution in [0.5, 0.6) is 0 Å². The number of rotatable bonds is 11. The highest BCUT2D eigenvalue weighted by atomic mass is 35.5. The zero-order valence-electron chi connectivity index (χ0n) is 22.5. The summed E-state index contributed by atoms with van der Waals surface area (Å²) in [6, 6.07) is 14.7. The van der Waals surface area contributed by atoms with Crippen molar-refractivity contribution in [3.8, 4) is 0 Å². The summed E-state index contributed by atoms with van der Waals surface area (Å²) >= 11 is 13.8. The molecule has 2 heterocycles. The molecule has 13 heteroatoms. The van der Waals surface area contributed by atoms with E-state index >= 15 is 0 Å². The van der Waals surface area contributed by atoms with Gasteiger partial charge in [0.15, 0.2) is 0 Å². The fourth-order valence-corrected chi connectivity index (χ4v) is 8.76. The number of halogens is 3. The number of carboxylic acids is 1. The third-order valence-corrected chi connectivity index (χ3v) is 11.5. The SMILES string of the molecule is CC[C@@H](CNS(=O)(=O)C1(c2ccccc2F)CC1)N1C(=O)[C@H](CC(=O)O)O[C@H](c2cccc(Cl)c2)[C@H]1c1ccc(Cl)s1. The summed E-state index contributed by atoms with van der Waals surface area (Å²) < 4.78 is 49.8. The van der Waals surface area contributed by atoms with Crippen LogP contribution in [0.1, 0.15) is 60.8 Å². The summed E-state index contributed by atoms with van der Waals surface area (Å²) in [5, 5.41) is 10.0. The molecule has 2 aromatic carbocycles. The highest BCUT2D eigenvalue weighted by Crippen LogP contribution is 2.53. The standard InChI is InChI=1S/C29H29Cl2FN2O6S2/c1-2-19(16-33-42(38,39)29(12-13-29)20-8-3-4-9-21(20)32)34-26(23-10-11-24(31)41-23)27(17-6-5-7-18(30)14-17)40-22(28(34)37)15-25(35)36/h3-11,14,19,22,26-27,33H,2,12-13,15-16H2,1H3,(H,35,36)/t19-,22-,26+,27+/m0/s1. The molecule has 1 amide bonds. The van der Waals surface area contributed by atoms with Gasteiger partial charge < -0.3 is 14.7 Å². The van der Waals surface area contributed by atoms with Crippen molar-refractivity contribution < 1.29 is 32.2 Å². The minimum absolute atomic E-state index is 0.113. The second-order valence-electron chi connectivity index (χ2n) is 10.4. The maximum atomic E-state index is 14.7. The molecule has 1 saturated carbocycles. The molecule has 8 nitrogen and oxygen atoms in total. The lowest BCUT2D eigenvalue weighted by atomic mass is 9.93. The number of carbonyl (C=O) groups is 2. The average Bonchev–Trinajstić information content (AvgIpc) is 3.65. The smallest absolute Gasteiger partial charge is 0.306 e. The van der Waals surface area contributed by atoms with E-state index < -0.39 is 63.2 Å². The van der Waals surface area contributed by atoms with Crippen LogP contribution in [0.3, 0.4) is 0 Å². The minimum Gasteiger partial charge on any atom is -0.481 e. The number of carboxylic acid groups (broad SMARTS) is 1. The third-order valence-electron chi connectivity index (χ3n) is 7.81. The average molecular weight is 656 g/mol. The van der Waals surface area contributed by atoms with Crippen LogP contribution in [0.4, 0.5) is 4.39 Å². The molecule has 42 heavy (non-hydrogen) atoms. The first-order chi connectivity index (χ1) is 20.0. The molecule has 5 rings (SSSR count). The Bertz CT molecular complexity index is 1600. The maximum absolute atomic E-state index is 14.7. The molecule has 0 unspecified atom stereocenters. The number of hydrogen-bond acceptors (Lipinski definition) is 6. The van der Waals surface area contributed by atoms with Gasteiger partial charge in [0.25, 0.3) is 5.91 Å². The van der Waals surface area contributed by atoms with Crippen LogP contribution in [0.2, 0.25) is 9.36 Å². The van der Waals surface area contributed by atoms with Crippen LogP contribution < -0.4 is 4.72 Å². The van der Waals surface area contributed by atoms with Gasteiger partial charge in [0.2, 0.25) is 10.0 Å². The molecule has 0 radical (unpaired) electrons. The molecule has 1 saturated heterocycles. The number of aliphatic carboxylic acids is 1. The minimum atomic E-state index is -4.06. The number of nitrogens with zero attached hydrogens (tertiary/aromatic N) is 1. The number of thiophene rings is 1. The van der Waals surface area contributed by atoms with Crippen molar-refractivity contribution in [2.45, 2.75) is 61.6 Å². The van der Waals surface area contributed by atoms with Crippen LogP contribution in [0.25, 0.3) is 0 Å². The second kappa shape index (κ2) is 12.2. The molecule has 1 aliphatic carbocycles. The summed E-state index contributed by atoms with van der Waals surface area (Å²) in [7, 11) is -4.06. The van der Waals surface area contributed by atoms with E-state index in [9.17, 15) is 27.5 Å². The van der Waals surface area contributed by atoms with E-state index in [1.165, 1.54) is 34.4 Å². The van der Waals surface area contributed by atoms with Gasteiger partial charge in [0.05, 0.1) is 16.8 Å². The van der Waals surface area contributed by atoms with Crippen molar-refractivity contribution in [2.75, 3.05) is 6.54 Å². The highest BCUT2D eigenvalue weighted by Gasteiger charge is 2.57. The summed E-state index contributed by atoms with van der Waals surface area (Å²) in [6.07, 6.45) is -1.85. The molecule has 224 valence electrons. The van der Waals surface area contributed by atoms with Crippen molar-refractivity contribution >= 4 is 56.4 Å². The lowest BCUT2D eigenvalue weighted by Gasteiger charge is -2.47. The highest BCUT2D eigenvalue weighted by molar-refractivity contribution is 7.90. The Morgan fingerprint density at radius 3 is 2.52 bits per heavy atom. The first-order valence-corrected chi connectivity index (χ1v) is 16.5. The summed E-state index contributed by atoms with van der Waals surface area (Å²) in [5.74, 6) is -2.39. The molecule has 0 bridgehead atoms. The molecule has 0 spiro atoms. The topological polar surface area (TPSA) is 113 Å². The summed E-state index contributed by atoms with van der Waals surface area (Å²) in [4.78, 5) is 27.9. The predicted octanol–water partition coefficient (Wildman–Crippen LogP) is 6.07. The second-order valence-corrected chi connectivity index (χ2v) is 14.7. The van der Waals surface area contributed by atoms with Crippen LogP contribution in [-0.4, -0.2) is 49.0 Å². The Labute approximate surface area is 257 Å². The van der Waals surface area contributed by atoms with Gasteiger partial charge in [-0.25, -0.2) is 17.5 Å². The van der Waals surface area contributed by atoms with E-state index in [1.54, 1.807) is 42.5 Å². The quantitative estimate of drug-likeness (QED) is 0.260. The predicted molar refractivity (Wildman–Crippen MR) is 159 cm³/mol. The van der Waals surface area contributed by atoms with Crippen molar-refractivity contribution in [1.82, 2.24) is 9.62 Å². The van der Waals surface area contributed by atoms with E-state index in [-0.39, 0.29) is 24.9 Å². The van der Waals surface area contributed by atoms with E-state index in [2.05, 4.69) is 4.72 Å². The lowest BCUT2D eigenvalue weighted by Crippen LogP contribution is -2.57. The van der Waals surface area contributed by atoms with Gasteiger partial charge in [0, 0.05) is 28.0 Å². The Balaban J connectivity index is 1.52. The lowest BCUT2D eigenvalue weighted by molar-refractivity contribution is -0.183. The number of amides is 1. The number of benzene rings is 2. The van der Waals surface area contributed by atoms with Gasteiger partial charge in [-0.1, -0.05) is 60.5 Å². The van der Waals surface area contributed by atoms with Gasteiger partial charge >= 0.3 is 5.97 Å². The monoisotopic (exact) mass is 654 g/mol. The van der Waals surface area contributed by atoms with Crippen LogP contribution in [0, 0.1) is 5.82 Å². The van der Waals surface area contributed by atoms with Crippen molar-refractivity contribution in [3.05, 3.63) is 91.8 Å². The van der Waals surface area contributed by atoms with Crippen molar-refractivity contribution in [3.63, 3.8) is 0 Å². The van der Waals surface area contributed by atoms with Crippen LogP contribution >= 0.6 is 34.5 Å². The van der Waals surface area contributed by atoms with Crippen LogP contribution in [0.15, 0.2) is 60.7 Å². The largest absolute Gasteiger partial charge is 0.481 e. The molecule has 1 aliphatic heterocycles. The van der Waals surface area contributed by atoms with E-state index in [1.807, 2.05) is 6.92 Å². The van der Waals surface area contributed by atoms with Gasteiger partial charge in [-0.15, -0.1) is 11.3 Å². The fourth-order valence-electron chi connectivity index (χ4n) is 5.59. The Morgan fingerprint density at radius 2 is 1.93 bits per heavy atom. The molecule has 2 N–H and O–H groups in total. The number of ether oxygens (including phenoxy) is 1. The van der Waals surface area contributed by atoms with Gasteiger partial charge in [-0.3, -0.25) is 9.59 Å². The third kappa shape index (κ3) is 5.95. The Kier molecular flexibility index (Phi) is 8.99. The van der Waals surface area contributed by atoms with Crippen LogP contribution in [-0.2, 0) is 29.1 Å². The molecule has 2 aliphatic rings.